The quantitative estimate of drug-likeness (QED) is 0.818. The van der Waals surface area contributed by atoms with Gasteiger partial charge in [-0.15, -0.1) is 0 Å². The molecule has 2 fully saturated rings. The third-order valence-electron chi connectivity index (χ3n) is 5.02. The first-order valence-corrected chi connectivity index (χ1v) is 8.75. The maximum absolute atomic E-state index is 13.0. The Morgan fingerprint density at radius 1 is 1.10 bits per heavy atom. The molecule has 120 valence electrons. The van der Waals surface area contributed by atoms with Crippen molar-refractivity contribution >= 4 is 11.8 Å². The molecule has 1 heterocycles. The van der Waals surface area contributed by atoms with E-state index in [2.05, 4.69) is 19.2 Å². The Kier molecular flexibility index (Phi) is 5.65. The van der Waals surface area contributed by atoms with Crippen molar-refractivity contribution in [2.24, 2.45) is 0 Å². The van der Waals surface area contributed by atoms with Gasteiger partial charge in [0.25, 0.3) is 0 Å². The number of carbonyl (C=O) groups excluding carboxylic acids is 2. The topological polar surface area (TPSA) is 49.4 Å². The lowest BCUT2D eigenvalue weighted by Gasteiger charge is -2.46. The number of nitrogens with one attached hydrogen (secondary N) is 1. The highest BCUT2D eigenvalue weighted by molar-refractivity contribution is 5.98. The fourth-order valence-corrected chi connectivity index (χ4v) is 3.88. The van der Waals surface area contributed by atoms with Crippen LogP contribution in [0, 0.1) is 0 Å². The molecule has 2 amide bonds. The van der Waals surface area contributed by atoms with Gasteiger partial charge < -0.3 is 10.2 Å². The normalized spacial score (nSPS) is 23.2. The van der Waals surface area contributed by atoms with Gasteiger partial charge in [-0.3, -0.25) is 9.59 Å². The Balaban J connectivity index is 2.15. The molecule has 1 aliphatic carbocycles. The summed E-state index contributed by atoms with van der Waals surface area (Å²) in [7, 11) is 0. The van der Waals surface area contributed by atoms with E-state index in [9.17, 15) is 9.59 Å². The number of rotatable bonds is 6. The molecule has 1 spiro atoms. The third-order valence-corrected chi connectivity index (χ3v) is 5.02. The van der Waals surface area contributed by atoms with E-state index in [0.29, 0.717) is 0 Å². The van der Waals surface area contributed by atoms with Crippen LogP contribution in [0.1, 0.15) is 78.1 Å². The molecule has 1 N–H and O–H groups in total. The minimum atomic E-state index is -0.578. The van der Waals surface area contributed by atoms with Crippen molar-refractivity contribution in [1.82, 2.24) is 10.2 Å². The molecule has 4 heteroatoms. The molecular formula is C17H30N2O2. The molecule has 1 saturated heterocycles. The van der Waals surface area contributed by atoms with Crippen LogP contribution >= 0.6 is 0 Å². The van der Waals surface area contributed by atoms with Crippen LogP contribution in [-0.4, -0.2) is 34.8 Å². The van der Waals surface area contributed by atoms with E-state index in [1.807, 2.05) is 4.90 Å². The summed E-state index contributed by atoms with van der Waals surface area (Å²) >= 11 is 0. The number of nitrogens with zero attached hydrogens (tertiary/aromatic N) is 1. The molecule has 1 saturated carbocycles. The zero-order chi connectivity index (χ0) is 15.3. The van der Waals surface area contributed by atoms with Crippen molar-refractivity contribution < 1.29 is 9.59 Å². The van der Waals surface area contributed by atoms with Crippen molar-refractivity contribution in [1.29, 1.82) is 0 Å². The first-order chi connectivity index (χ1) is 10.1. The van der Waals surface area contributed by atoms with Crippen molar-refractivity contribution in [2.45, 2.75) is 89.6 Å². The lowest BCUT2D eigenvalue weighted by atomic mass is 9.78. The number of amides is 2. The number of hydrogen-bond donors (Lipinski definition) is 1. The van der Waals surface area contributed by atoms with E-state index in [1.165, 1.54) is 6.42 Å². The predicted octanol–water partition coefficient (Wildman–Crippen LogP) is 3.01. The van der Waals surface area contributed by atoms with Crippen molar-refractivity contribution in [3.05, 3.63) is 0 Å². The largest absolute Gasteiger partial charge is 0.340 e. The average Bonchev–Trinajstić information content (AvgIpc) is 2.48. The highest BCUT2D eigenvalue weighted by atomic mass is 16.2. The number of unbranched alkanes of at least 4 members (excludes halogenated alkanes) is 1. The van der Waals surface area contributed by atoms with Crippen LogP contribution in [-0.2, 0) is 9.59 Å². The lowest BCUT2D eigenvalue weighted by Crippen LogP contribution is -2.68. The van der Waals surface area contributed by atoms with Gasteiger partial charge >= 0.3 is 0 Å². The molecule has 2 aliphatic rings. The summed E-state index contributed by atoms with van der Waals surface area (Å²) in [6.45, 7) is 4.59. The van der Waals surface area contributed by atoms with Crippen LogP contribution in [0.3, 0.4) is 0 Å². The number of hydrogen-bond acceptors (Lipinski definition) is 2. The number of carbonyl (C=O) groups is 2. The highest BCUT2D eigenvalue weighted by Gasteiger charge is 2.48. The first-order valence-electron chi connectivity index (χ1n) is 8.75. The molecule has 0 aromatic heterocycles. The Morgan fingerprint density at radius 3 is 2.43 bits per heavy atom. The van der Waals surface area contributed by atoms with Crippen LogP contribution in [0.2, 0.25) is 0 Å². The smallest absolute Gasteiger partial charge is 0.249 e. The molecule has 1 atom stereocenters. The molecule has 0 bridgehead atoms. The van der Waals surface area contributed by atoms with E-state index >= 15 is 0 Å². The summed E-state index contributed by atoms with van der Waals surface area (Å²) in [5.74, 6) is 0.227. The van der Waals surface area contributed by atoms with Crippen molar-refractivity contribution in [3.63, 3.8) is 0 Å². The molecule has 4 nitrogen and oxygen atoms in total. The van der Waals surface area contributed by atoms with E-state index < -0.39 is 5.54 Å². The molecule has 2 rings (SSSR count). The molecule has 0 aromatic rings. The van der Waals surface area contributed by atoms with Crippen LogP contribution in [0.15, 0.2) is 0 Å². The van der Waals surface area contributed by atoms with Crippen LogP contribution in [0.25, 0.3) is 0 Å². The second-order valence-corrected chi connectivity index (χ2v) is 6.71. The molecule has 0 radical (unpaired) electrons. The van der Waals surface area contributed by atoms with Crippen LogP contribution < -0.4 is 5.32 Å². The molecule has 21 heavy (non-hydrogen) atoms. The minimum absolute atomic E-state index is 0.0362. The predicted molar refractivity (Wildman–Crippen MR) is 83.9 cm³/mol. The van der Waals surface area contributed by atoms with Crippen LogP contribution in [0.5, 0.6) is 0 Å². The Bertz CT molecular complexity index is 375. The Morgan fingerprint density at radius 2 is 1.81 bits per heavy atom. The zero-order valence-electron chi connectivity index (χ0n) is 13.6. The van der Waals surface area contributed by atoms with Gasteiger partial charge in [-0.05, 0) is 25.7 Å². The molecular weight excluding hydrogens is 264 g/mol. The van der Waals surface area contributed by atoms with Gasteiger partial charge in [0.1, 0.15) is 5.54 Å². The SMILES string of the molecule is CCCCC(CCC)N1CC(=O)NC2(CCCCC2)C1=O. The van der Waals surface area contributed by atoms with Gasteiger partial charge in [-0.25, -0.2) is 0 Å². The van der Waals surface area contributed by atoms with Gasteiger partial charge in [-0.2, -0.15) is 0 Å². The van der Waals surface area contributed by atoms with Crippen molar-refractivity contribution in [3.8, 4) is 0 Å². The monoisotopic (exact) mass is 294 g/mol. The van der Waals surface area contributed by atoms with Gasteiger partial charge in [0, 0.05) is 6.04 Å². The second-order valence-electron chi connectivity index (χ2n) is 6.71. The summed E-state index contributed by atoms with van der Waals surface area (Å²) in [4.78, 5) is 27.1. The summed E-state index contributed by atoms with van der Waals surface area (Å²) in [5.41, 5.74) is -0.578. The van der Waals surface area contributed by atoms with E-state index in [4.69, 9.17) is 0 Å². The fourth-order valence-electron chi connectivity index (χ4n) is 3.88. The standard InChI is InChI=1S/C17H30N2O2/c1-3-5-10-14(9-4-2)19-13-15(20)18-17(16(19)21)11-7-6-8-12-17/h14H,3-13H2,1-2H3,(H,18,20). The maximum atomic E-state index is 13.0. The summed E-state index contributed by atoms with van der Waals surface area (Å²) < 4.78 is 0. The molecule has 1 unspecified atom stereocenters. The Labute approximate surface area is 128 Å². The summed E-state index contributed by atoms with van der Waals surface area (Å²) in [6.07, 6.45) is 10.3. The van der Waals surface area contributed by atoms with Gasteiger partial charge in [0.05, 0.1) is 6.54 Å². The Hall–Kier alpha value is -1.06. The van der Waals surface area contributed by atoms with E-state index in [-0.39, 0.29) is 24.4 Å². The fraction of sp³-hybridized carbons (Fsp3) is 0.882. The van der Waals surface area contributed by atoms with Gasteiger partial charge in [-0.1, -0.05) is 52.4 Å². The first kappa shape index (κ1) is 16.3. The maximum Gasteiger partial charge on any atom is 0.249 e. The van der Waals surface area contributed by atoms with Gasteiger partial charge in [0.15, 0.2) is 0 Å². The third kappa shape index (κ3) is 3.58. The molecule has 1 aliphatic heterocycles. The highest BCUT2D eigenvalue weighted by Crippen LogP contribution is 2.33. The summed E-state index contributed by atoms with van der Waals surface area (Å²) in [6, 6.07) is 0.243. The molecule has 0 aromatic carbocycles. The summed E-state index contributed by atoms with van der Waals surface area (Å²) in [5, 5.41) is 3.03. The zero-order valence-corrected chi connectivity index (χ0v) is 13.6. The van der Waals surface area contributed by atoms with Crippen molar-refractivity contribution in [2.75, 3.05) is 6.54 Å². The van der Waals surface area contributed by atoms with Crippen LogP contribution in [0.4, 0.5) is 0 Å². The van der Waals surface area contributed by atoms with Gasteiger partial charge in [0.2, 0.25) is 11.8 Å². The van der Waals surface area contributed by atoms with E-state index in [0.717, 1.165) is 57.8 Å². The lowest BCUT2D eigenvalue weighted by molar-refractivity contribution is -0.154. The second kappa shape index (κ2) is 7.28. The van der Waals surface area contributed by atoms with E-state index in [1.54, 1.807) is 0 Å². The average molecular weight is 294 g/mol. The number of piperazine rings is 1. The minimum Gasteiger partial charge on any atom is -0.340 e.